The summed E-state index contributed by atoms with van der Waals surface area (Å²) in [5, 5.41) is 16.7. The van der Waals surface area contributed by atoms with Crippen molar-refractivity contribution in [3.05, 3.63) is 124 Å². The fourth-order valence-electron chi connectivity index (χ4n) is 5.56. The molecule has 0 saturated heterocycles. The lowest BCUT2D eigenvalue weighted by Crippen LogP contribution is -2.29. The van der Waals surface area contributed by atoms with Crippen molar-refractivity contribution in [3.8, 4) is 18.1 Å². The van der Waals surface area contributed by atoms with E-state index in [9.17, 15) is 19.2 Å². The highest BCUT2D eigenvalue weighted by atomic mass is 16.5. The maximum absolute atomic E-state index is 12.8. The van der Waals surface area contributed by atoms with Gasteiger partial charge in [-0.2, -0.15) is 0 Å². The standard InChI is InChI=1S/C33H24N8O5/c1-2-11-46-25-13-21(15-38-17-23(34-36-38)19-40-30(42)26-7-3-4-8-27(26)31(40)43)12-22(14-25)16-39-18-24(35-37-39)20-41-32(44)28-9-5-6-10-29(28)33(41)45/h1,3-10,12-14,17-18H,11,15-16,19-20H2. The third-order valence-electron chi connectivity index (χ3n) is 7.61. The van der Waals surface area contributed by atoms with Crippen LogP contribution in [-0.2, 0) is 26.2 Å². The first-order valence-corrected chi connectivity index (χ1v) is 14.3. The smallest absolute Gasteiger partial charge is 0.261 e. The monoisotopic (exact) mass is 612 g/mol. The molecule has 5 aromatic rings. The van der Waals surface area contributed by atoms with Gasteiger partial charge < -0.3 is 4.74 Å². The molecule has 0 aliphatic carbocycles. The first-order valence-electron chi connectivity index (χ1n) is 14.3. The number of rotatable bonds is 10. The van der Waals surface area contributed by atoms with Crippen LogP contribution in [0.3, 0.4) is 0 Å². The number of terminal acetylenes is 1. The van der Waals surface area contributed by atoms with Crippen molar-refractivity contribution in [2.24, 2.45) is 0 Å². The molecule has 3 aromatic carbocycles. The molecule has 4 amide bonds. The van der Waals surface area contributed by atoms with Crippen LogP contribution in [-0.4, -0.2) is 70.0 Å². The van der Waals surface area contributed by atoms with Crippen LogP contribution in [0.15, 0.2) is 79.1 Å². The summed E-state index contributed by atoms with van der Waals surface area (Å²) < 4.78 is 8.93. The van der Waals surface area contributed by atoms with Crippen LogP contribution in [0.5, 0.6) is 5.75 Å². The first kappa shape index (κ1) is 28.4. The highest BCUT2D eigenvalue weighted by molar-refractivity contribution is 6.21. The molecule has 13 nitrogen and oxygen atoms in total. The number of fused-ring (bicyclic) bond motifs is 2. The van der Waals surface area contributed by atoms with Crippen molar-refractivity contribution < 1.29 is 23.9 Å². The molecule has 0 bridgehead atoms. The molecule has 0 radical (unpaired) electrons. The Morgan fingerprint density at radius 2 is 1.02 bits per heavy atom. The Morgan fingerprint density at radius 1 is 0.609 bits per heavy atom. The summed E-state index contributed by atoms with van der Waals surface area (Å²) in [5.41, 5.74) is 4.07. The van der Waals surface area contributed by atoms with Crippen LogP contribution in [0.1, 0.15) is 63.9 Å². The third kappa shape index (κ3) is 5.28. The molecule has 0 N–H and O–H groups in total. The summed E-state index contributed by atoms with van der Waals surface area (Å²) in [6.07, 6.45) is 8.77. The van der Waals surface area contributed by atoms with Gasteiger partial charge in [-0.15, -0.1) is 16.6 Å². The number of carbonyl (C=O) groups is 4. The maximum Gasteiger partial charge on any atom is 0.261 e. The summed E-state index contributed by atoms with van der Waals surface area (Å²) in [7, 11) is 0. The highest BCUT2D eigenvalue weighted by Gasteiger charge is 2.36. The number of benzene rings is 3. The number of hydrogen-bond donors (Lipinski definition) is 0. The van der Waals surface area contributed by atoms with Crippen molar-refractivity contribution >= 4 is 23.6 Å². The van der Waals surface area contributed by atoms with E-state index in [1.807, 2.05) is 18.2 Å². The van der Waals surface area contributed by atoms with Gasteiger partial charge in [0.15, 0.2) is 0 Å². The summed E-state index contributed by atoms with van der Waals surface area (Å²) in [4.78, 5) is 53.4. The molecule has 226 valence electrons. The third-order valence-corrected chi connectivity index (χ3v) is 7.61. The Bertz CT molecular complexity index is 1890. The lowest BCUT2D eigenvalue weighted by Gasteiger charge is -2.11. The zero-order valence-corrected chi connectivity index (χ0v) is 24.2. The lowest BCUT2D eigenvalue weighted by molar-refractivity contribution is 0.0625. The average Bonchev–Trinajstić information content (AvgIpc) is 3.81. The molecule has 0 fully saturated rings. The Hall–Kier alpha value is -6.42. The van der Waals surface area contributed by atoms with E-state index in [1.165, 1.54) is 0 Å². The minimum atomic E-state index is -0.363. The number of amides is 4. The number of aromatic nitrogens is 6. The van der Waals surface area contributed by atoms with Crippen molar-refractivity contribution in [2.75, 3.05) is 6.61 Å². The van der Waals surface area contributed by atoms with E-state index in [0.29, 0.717) is 52.5 Å². The summed E-state index contributed by atoms with van der Waals surface area (Å²) in [6, 6.07) is 19.0. The van der Waals surface area contributed by atoms with E-state index < -0.39 is 0 Å². The molecule has 0 saturated carbocycles. The van der Waals surface area contributed by atoms with Gasteiger partial charge in [-0.1, -0.05) is 46.7 Å². The predicted octanol–water partition coefficient (Wildman–Crippen LogP) is 2.57. The summed E-state index contributed by atoms with van der Waals surface area (Å²) in [6.45, 7) is 0.705. The van der Waals surface area contributed by atoms with Gasteiger partial charge in [0, 0.05) is 0 Å². The minimum absolute atomic E-state index is 0.00173. The first-order chi connectivity index (χ1) is 22.4. The molecule has 2 aliphatic heterocycles. The Morgan fingerprint density at radius 3 is 1.41 bits per heavy atom. The predicted molar refractivity (Wildman–Crippen MR) is 160 cm³/mol. The second-order valence-electron chi connectivity index (χ2n) is 10.8. The van der Waals surface area contributed by atoms with Crippen LogP contribution >= 0.6 is 0 Å². The number of nitrogens with zero attached hydrogens (tertiary/aromatic N) is 8. The van der Waals surface area contributed by atoms with Crippen molar-refractivity contribution in [1.29, 1.82) is 0 Å². The molecular formula is C33H24N8O5. The molecule has 46 heavy (non-hydrogen) atoms. The SMILES string of the molecule is C#CCOc1cc(Cn2cc(CN3C(=O)c4ccccc4C3=O)nn2)cc(Cn2cc(CN3C(=O)c4ccccc4C3=O)nn2)c1. The number of hydrogen-bond acceptors (Lipinski definition) is 9. The average molecular weight is 613 g/mol. The number of carbonyl (C=O) groups excluding carboxylic acids is 4. The van der Waals surface area contributed by atoms with Gasteiger partial charge in [-0.3, -0.25) is 29.0 Å². The van der Waals surface area contributed by atoms with E-state index in [-0.39, 0.29) is 43.3 Å². The molecule has 7 rings (SSSR count). The van der Waals surface area contributed by atoms with Gasteiger partial charge >= 0.3 is 0 Å². The van der Waals surface area contributed by atoms with E-state index >= 15 is 0 Å². The zero-order valence-electron chi connectivity index (χ0n) is 24.2. The second kappa shape index (κ2) is 11.6. The van der Waals surface area contributed by atoms with Crippen molar-refractivity contribution in [1.82, 2.24) is 39.8 Å². The van der Waals surface area contributed by atoms with E-state index in [0.717, 1.165) is 20.9 Å². The number of ether oxygens (including phenoxy) is 1. The number of imide groups is 2. The Balaban J connectivity index is 1.05. The van der Waals surface area contributed by atoms with Crippen LogP contribution < -0.4 is 4.74 Å². The highest BCUT2D eigenvalue weighted by Crippen LogP contribution is 2.25. The fraction of sp³-hybridized carbons (Fsp3) is 0.152. The fourth-order valence-corrected chi connectivity index (χ4v) is 5.56. The molecule has 2 aliphatic rings. The van der Waals surface area contributed by atoms with E-state index in [2.05, 4.69) is 26.5 Å². The van der Waals surface area contributed by atoms with Gasteiger partial charge in [-0.25, -0.2) is 9.36 Å². The molecule has 0 atom stereocenters. The van der Waals surface area contributed by atoms with Gasteiger partial charge in [0.2, 0.25) is 0 Å². The van der Waals surface area contributed by atoms with E-state index in [1.54, 1.807) is 70.3 Å². The van der Waals surface area contributed by atoms with Crippen molar-refractivity contribution in [3.63, 3.8) is 0 Å². The van der Waals surface area contributed by atoms with Gasteiger partial charge in [0.1, 0.15) is 23.7 Å². The topological polar surface area (TPSA) is 145 Å². The normalized spacial score (nSPS) is 13.7. The molecule has 0 unspecified atom stereocenters. The molecule has 13 heteroatoms. The zero-order chi connectivity index (χ0) is 31.8. The van der Waals surface area contributed by atoms with Crippen LogP contribution in [0.25, 0.3) is 0 Å². The van der Waals surface area contributed by atoms with Crippen LogP contribution in [0, 0.1) is 12.3 Å². The lowest BCUT2D eigenvalue weighted by atomic mass is 10.1. The van der Waals surface area contributed by atoms with Gasteiger partial charge in [-0.05, 0) is 47.5 Å². The maximum atomic E-state index is 12.8. The second-order valence-corrected chi connectivity index (χ2v) is 10.8. The van der Waals surface area contributed by atoms with Gasteiger partial charge in [0.05, 0.1) is 60.8 Å². The Kier molecular flexibility index (Phi) is 7.14. The molecule has 0 spiro atoms. The molecular weight excluding hydrogens is 588 g/mol. The van der Waals surface area contributed by atoms with Crippen molar-refractivity contribution in [2.45, 2.75) is 26.2 Å². The minimum Gasteiger partial charge on any atom is -0.481 e. The van der Waals surface area contributed by atoms with E-state index in [4.69, 9.17) is 11.2 Å². The van der Waals surface area contributed by atoms with Gasteiger partial charge in [0.25, 0.3) is 23.6 Å². The quantitative estimate of drug-likeness (QED) is 0.172. The van der Waals surface area contributed by atoms with Crippen LogP contribution in [0.2, 0.25) is 0 Å². The summed E-state index contributed by atoms with van der Waals surface area (Å²) >= 11 is 0. The largest absolute Gasteiger partial charge is 0.481 e. The molecule has 2 aromatic heterocycles. The molecule has 4 heterocycles. The van der Waals surface area contributed by atoms with Crippen LogP contribution in [0.4, 0.5) is 0 Å². The summed E-state index contributed by atoms with van der Waals surface area (Å²) in [5.74, 6) is 1.55. The Labute approximate surface area is 262 Å².